The van der Waals surface area contributed by atoms with Gasteiger partial charge in [0.1, 0.15) is 0 Å². The summed E-state index contributed by atoms with van der Waals surface area (Å²) >= 11 is 0. The Kier molecular flexibility index (Phi) is 4.97. The van der Waals surface area contributed by atoms with Crippen molar-refractivity contribution in [1.82, 2.24) is 14.7 Å². The molecule has 2 bridgehead atoms. The molecule has 28 heavy (non-hydrogen) atoms. The van der Waals surface area contributed by atoms with Crippen molar-refractivity contribution >= 4 is 12.0 Å². The van der Waals surface area contributed by atoms with E-state index in [9.17, 15) is 9.59 Å². The Balaban J connectivity index is 1.17. The maximum Gasteiger partial charge on any atom is 0.410 e. The summed E-state index contributed by atoms with van der Waals surface area (Å²) in [6.45, 7) is 8.34. The number of piperidine rings is 2. The maximum absolute atomic E-state index is 12.8. The third-order valence-corrected chi connectivity index (χ3v) is 7.32. The Hall–Kier alpha value is -1.38. The summed E-state index contributed by atoms with van der Waals surface area (Å²) in [5.74, 6) is 1.63. The second-order valence-corrected chi connectivity index (χ2v) is 8.82. The number of hydrogen-bond donors (Lipinski definition) is 0. The molecular formula is C20H31N3O5. The summed E-state index contributed by atoms with van der Waals surface area (Å²) in [5, 5.41) is 0. The SMILES string of the molecule is CCOC(=O)N1C2COCC1CC(N1C[C@@H]3[C@H](C1)[C@H]3C(=O)N1CCOCC1)C2. The predicted octanol–water partition coefficient (Wildman–Crippen LogP) is 0.411. The summed E-state index contributed by atoms with van der Waals surface area (Å²) in [6.07, 6.45) is 1.69. The minimum atomic E-state index is -0.195. The molecule has 0 spiro atoms. The van der Waals surface area contributed by atoms with Crippen molar-refractivity contribution in [3.63, 3.8) is 0 Å². The van der Waals surface area contributed by atoms with Gasteiger partial charge in [0.15, 0.2) is 0 Å². The number of morpholine rings is 2. The first-order chi connectivity index (χ1) is 13.7. The lowest BCUT2D eigenvalue weighted by Crippen LogP contribution is -2.62. The molecular weight excluding hydrogens is 362 g/mol. The van der Waals surface area contributed by atoms with Crippen LogP contribution in [0.15, 0.2) is 0 Å². The average Bonchev–Trinajstić information content (AvgIpc) is 3.20. The number of amides is 2. The number of rotatable bonds is 3. The van der Waals surface area contributed by atoms with E-state index in [4.69, 9.17) is 14.2 Å². The molecule has 5 aliphatic rings. The molecule has 2 unspecified atom stereocenters. The van der Waals surface area contributed by atoms with Crippen molar-refractivity contribution < 1.29 is 23.8 Å². The smallest absolute Gasteiger partial charge is 0.410 e. The van der Waals surface area contributed by atoms with E-state index in [-0.39, 0.29) is 24.1 Å². The topological polar surface area (TPSA) is 71.5 Å². The van der Waals surface area contributed by atoms with Crippen LogP contribution in [0.4, 0.5) is 4.79 Å². The third kappa shape index (κ3) is 3.19. The van der Waals surface area contributed by atoms with E-state index >= 15 is 0 Å². The van der Waals surface area contributed by atoms with Crippen molar-refractivity contribution in [2.75, 3.05) is 59.2 Å². The van der Waals surface area contributed by atoms with Gasteiger partial charge >= 0.3 is 6.09 Å². The monoisotopic (exact) mass is 393 g/mol. The van der Waals surface area contributed by atoms with Crippen molar-refractivity contribution in [2.24, 2.45) is 17.8 Å². The number of hydrogen-bond acceptors (Lipinski definition) is 6. The number of likely N-dealkylation sites (tertiary alicyclic amines) is 1. The normalized spacial score (nSPS) is 40.2. The molecule has 5 fully saturated rings. The van der Waals surface area contributed by atoms with Crippen LogP contribution in [0.5, 0.6) is 0 Å². The van der Waals surface area contributed by atoms with Crippen molar-refractivity contribution in [3.8, 4) is 0 Å². The van der Waals surface area contributed by atoms with E-state index in [0.717, 1.165) is 39.0 Å². The Bertz CT molecular complexity index is 599. The first kappa shape index (κ1) is 18.6. The van der Waals surface area contributed by atoms with Crippen LogP contribution in [-0.2, 0) is 19.0 Å². The van der Waals surface area contributed by atoms with Crippen molar-refractivity contribution in [2.45, 2.75) is 37.9 Å². The van der Waals surface area contributed by atoms with Crippen molar-refractivity contribution in [3.05, 3.63) is 0 Å². The van der Waals surface area contributed by atoms with Crippen LogP contribution >= 0.6 is 0 Å². The van der Waals surface area contributed by atoms with Gasteiger partial charge in [-0.25, -0.2) is 4.79 Å². The van der Waals surface area contributed by atoms with E-state index in [0.29, 0.717) is 56.8 Å². The van der Waals surface area contributed by atoms with Crippen LogP contribution in [0.3, 0.4) is 0 Å². The molecule has 0 radical (unpaired) electrons. The molecule has 5 rings (SSSR count). The van der Waals surface area contributed by atoms with Gasteiger partial charge < -0.3 is 19.1 Å². The summed E-state index contributed by atoms with van der Waals surface area (Å²) in [7, 11) is 0. The Labute approximate surface area is 166 Å². The largest absolute Gasteiger partial charge is 0.450 e. The molecule has 0 aromatic carbocycles. The fraction of sp³-hybridized carbons (Fsp3) is 0.900. The number of carbonyl (C=O) groups is 2. The second kappa shape index (κ2) is 7.46. The van der Waals surface area contributed by atoms with Gasteiger partial charge in [0.2, 0.25) is 5.91 Å². The summed E-state index contributed by atoms with van der Waals surface area (Å²) < 4.78 is 16.4. The molecule has 8 heteroatoms. The molecule has 4 saturated heterocycles. The lowest BCUT2D eigenvalue weighted by Gasteiger charge is -2.49. The van der Waals surface area contributed by atoms with Crippen LogP contribution in [-0.4, -0.2) is 104 Å². The molecule has 8 nitrogen and oxygen atoms in total. The highest BCUT2D eigenvalue weighted by atomic mass is 16.6. The van der Waals surface area contributed by atoms with E-state index in [1.165, 1.54) is 0 Å². The molecule has 0 N–H and O–H groups in total. The van der Waals surface area contributed by atoms with Crippen LogP contribution in [0.1, 0.15) is 19.8 Å². The van der Waals surface area contributed by atoms with E-state index in [1.807, 2.05) is 16.7 Å². The van der Waals surface area contributed by atoms with Crippen LogP contribution in [0, 0.1) is 17.8 Å². The standard InChI is InChI=1S/C20H31N3O5/c1-2-28-20(25)23-14-7-13(8-15(23)12-27-11-14)22-9-16-17(10-22)18(16)19(24)21-3-5-26-6-4-21/h13-18H,2-12H2,1H3/t13?,14?,15?,16-,17+,18+. The third-order valence-electron chi connectivity index (χ3n) is 7.32. The van der Waals surface area contributed by atoms with E-state index < -0.39 is 0 Å². The summed E-state index contributed by atoms with van der Waals surface area (Å²) in [5.41, 5.74) is 0. The number of ether oxygens (including phenoxy) is 3. The van der Waals surface area contributed by atoms with Crippen LogP contribution in [0.2, 0.25) is 0 Å². The summed E-state index contributed by atoms with van der Waals surface area (Å²) in [6, 6.07) is 0.704. The van der Waals surface area contributed by atoms with Crippen LogP contribution < -0.4 is 0 Å². The molecule has 5 atom stereocenters. The quantitative estimate of drug-likeness (QED) is 0.692. The average molecular weight is 393 g/mol. The molecule has 0 aromatic rings. The molecule has 4 aliphatic heterocycles. The highest BCUT2D eigenvalue weighted by molar-refractivity contribution is 5.82. The molecule has 1 aliphatic carbocycles. The van der Waals surface area contributed by atoms with Gasteiger partial charge in [0, 0.05) is 38.1 Å². The van der Waals surface area contributed by atoms with Gasteiger partial charge in [-0.2, -0.15) is 0 Å². The fourth-order valence-electron chi connectivity index (χ4n) is 5.90. The van der Waals surface area contributed by atoms with Gasteiger partial charge in [-0.1, -0.05) is 0 Å². The van der Waals surface area contributed by atoms with Gasteiger partial charge in [-0.15, -0.1) is 0 Å². The first-order valence-electron chi connectivity index (χ1n) is 10.8. The number of fused-ring (bicyclic) bond motifs is 3. The van der Waals surface area contributed by atoms with Gasteiger partial charge in [-0.05, 0) is 31.6 Å². The minimum absolute atomic E-state index is 0.110. The minimum Gasteiger partial charge on any atom is -0.450 e. The molecule has 0 aromatic heterocycles. The zero-order valence-corrected chi connectivity index (χ0v) is 16.6. The van der Waals surface area contributed by atoms with Gasteiger partial charge in [0.25, 0.3) is 0 Å². The van der Waals surface area contributed by atoms with Crippen molar-refractivity contribution in [1.29, 1.82) is 0 Å². The number of nitrogens with zero attached hydrogens (tertiary/aromatic N) is 3. The lowest BCUT2D eigenvalue weighted by molar-refractivity contribution is -0.137. The highest BCUT2D eigenvalue weighted by Crippen LogP contribution is 2.53. The second-order valence-electron chi connectivity index (χ2n) is 8.82. The number of carbonyl (C=O) groups excluding carboxylic acids is 2. The van der Waals surface area contributed by atoms with Gasteiger partial charge in [-0.3, -0.25) is 14.6 Å². The Morgan fingerprint density at radius 1 is 0.964 bits per heavy atom. The maximum atomic E-state index is 12.8. The van der Waals surface area contributed by atoms with Gasteiger partial charge in [0.05, 0.1) is 45.1 Å². The lowest BCUT2D eigenvalue weighted by atomic mass is 9.89. The Morgan fingerprint density at radius 3 is 2.21 bits per heavy atom. The zero-order valence-electron chi connectivity index (χ0n) is 16.6. The van der Waals surface area contributed by atoms with Crippen LogP contribution in [0.25, 0.3) is 0 Å². The molecule has 2 amide bonds. The molecule has 4 heterocycles. The summed E-state index contributed by atoms with van der Waals surface area (Å²) in [4.78, 5) is 31.6. The highest BCUT2D eigenvalue weighted by Gasteiger charge is 2.61. The molecule has 1 saturated carbocycles. The fourth-order valence-corrected chi connectivity index (χ4v) is 5.90. The Morgan fingerprint density at radius 2 is 1.61 bits per heavy atom. The zero-order chi connectivity index (χ0) is 19.3. The van der Waals surface area contributed by atoms with E-state index in [1.54, 1.807) is 0 Å². The molecule has 156 valence electrons. The van der Waals surface area contributed by atoms with E-state index in [2.05, 4.69) is 4.90 Å². The first-order valence-corrected chi connectivity index (χ1v) is 10.8. The predicted molar refractivity (Wildman–Crippen MR) is 99.7 cm³/mol.